The first-order chi connectivity index (χ1) is 14.8. The first-order valence-corrected chi connectivity index (χ1v) is 12.0. The molecular weight excluding hydrogens is 438 g/mol. The Kier molecular flexibility index (Phi) is 7.69. The number of hydrogen-bond acceptors (Lipinski definition) is 4. The molecule has 2 amide bonds. The molecule has 0 radical (unpaired) electrons. The number of halogens is 1. The minimum absolute atomic E-state index is 0.0234. The molecule has 2 aromatic rings. The van der Waals surface area contributed by atoms with Crippen molar-refractivity contribution in [3.63, 3.8) is 0 Å². The minimum Gasteiger partial charge on any atom is -0.354 e. The lowest BCUT2D eigenvalue weighted by atomic mass is 10.1. The van der Waals surface area contributed by atoms with Gasteiger partial charge in [-0.2, -0.15) is 4.31 Å². The van der Waals surface area contributed by atoms with E-state index in [0.29, 0.717) is 13.0 Å². The van der Waals surface area contributed by atoms with Crippen molar-refractivity contribution < 1.29 is 18.0 Å². The Balaban J connectivity index is 1.78. The topological polar surface area (TPSA) is 86.8 Å². The average molecular weight is 464 g/mol. The summed E-state index contributed by atoms with van der Waals surface area (Å²) < 4.78 is 27.7. The van der Waals surface area contributed by atoms with E-state index in [-0.39, 0.29) is 36.3 Å². The Hall–Kier alpha value is -2.42. The lowest BCUT2D eigenvalue weighted by Gasteiger charge is -2.39. The van der Waals surface area contributed by atoms with Crippen LogP contribution in [0.25, 0.3) is 0 Å². The van der Waals surface area contributed by atoms with Gasteiger partial charge in [-0.15, -0.1) is 11.6 Å². The Morgan fingerprint density at radius 2 is 1.74 bits per heavy atom. The van der Waals surface area contributed by atoms with Crippen LogP contribution in [0.2, 0.25) is 0 Å². The van der Waals surface area contributed by atoms with E-state index in [2.05, 4.69) is 5.32 Å². The zero-order chi connectivity index (χ0) is 22.4. The summed E-state index contributed by atoms with van der Waals surface area (Å²) >= 11 is 5.68. The molecule has 1 aliphatic heterocycles. The molecule has 0 spiro atoms. The summed E-state index contributed by atoms with van der Waals surface area (Å²) in [6.07, 6.45) is 0.619. The van der Waals surface area contributed by atoms with E-state index >= 15 is 0 Å². The van der Waals surface area contributed by atoms with Crippen molar-refractivity contribution in [3.05, 3.63) is 65.7 Å². The highest BCUT2D eigenvalue weighted by atomic mass is 35.5. The quantitative estimate of drug-likeness (QED) is 0.634. The Morgan fingerprint density at radius 1 is 1.06 bits per heavy atom. The number of piperazine rings is 1. The largest absolute Gasteiger partial charge is 0.354 e. The van der Waals surface area contributed by atoms with Crippen LogP contribution in [0.4, 0.5) is 0 Å². The Labute approximate surface area is 188 Å². The number of hydrogen-bond donors (Lipinski definition) is 1. The summed E-state index contributed by atoms with van der Waals surface area (Å²) in [6.45, 7) is 2.41. The van der Waals surface area contributed by atoms with Gasteiger partial charge in [0.25, 0.3) is 0 Å². The summed E-state index contributed by atoms with van der Waals surface area (Å²) in [7, 11) is -3.90. The number of nitrogens with zero attached hydrogens (tertiary/aromatic N) is 2. The van der Waals surface area contributed by atoms with Crippen molar-refractivity contribution >= 4 is 33.4 Å². The zero-order valence-electron chi connectivity index (χ0n) is 17.3. The predicted octanol–water partition coefficient (Wildman–Crippen LogP) is 1.79. The molecule has 1 heterocycles. The van der Waals surface area contributed by atoms with Gasteiger partial charge in [0.05, 0.1) is 4.90 Å². The lowest BCUT2D eigenvalue weighted by molar-refractivity contribution is -0.134. The second kappa shape index (κ2) is 10.3. The van der Waals surface area contributed by atoms with Crippen LogP contribution in [0.5, 0.6) is 0 Å². The van der Waals surface area contributed by atoms with Gasteiger partial charge in [0.15, 0.2) is 0 Å². The normalized spacial score (nSPS) is 17.4. The van der Waals surface area contributed by atoms with E-state index in [1.807, 2.05) is 37.3 Å². The molecule has 31 heavy (non-hydrogen) atoms. The third kappa shape index (κ3) is 5.64. The van der Waals surface area contributed by atoms with Crippen LogP contribution < -0.4 is 5.32 Å². The maximum Gasteiger partial charge on any atom is 0.243 e. The average Bonchev–Trinajstić information content (AvgIpc) is 2.79. The summed E-state index contributed by atoms with van der Waals surface area (Å²) in [5.74, 6) is -0.970. The van der Waals surface area contributed by atoms with Gasteiger partial charge in [0, 0.05) is 26.2 Å². The van der Waals surface area contributed by atoms with E-state index in [1.54, 1.807) is 12.1 Å². The molecule has 1 fully saturated rings. The van der Waals surface area contributed by atoms with E-state index in [9.17, 15) is 18.0 Å². The fraction of sp³-hybridized carbons (Fsp3) is 0.364. The number of carbonyl (C=O) groups excluding carboxylic acids is 2. The second-order valence-corrected chi connectivity index (χ2v) is 9.60. The minimum atomic E-state index is -3.90. The number of benzene rings is 2. The molecule has 0 aromatic heterocycles. The summed E-state index contributed by atoms with van der Waals surface area (Å²) in [4.78, 5) is 26.7. The first-order valence-electron chi connectivity index (χ1n) is 10.1. The molecular formula is C22H26ClN3O4S. The molecule has 1 aliphatic rings. The lowest BCUT2D eigenvalue weighted by Crippen LogP contribution is -2.61. The first kappa shape index (κ1) is 23.2. The van der Waals surface area contributed by atoms with Crippen molar-refractivity contribution in [2.75, 3.05) is 32.1 Å². The number of nitrogens with one attached hydrogen (secondary N) is 1. The van der Waals surface area contributed by atoms with E-state index in [0.717, 1.165) is 11.1 Å². The summed E-state index contributed by atoms with van der Waals surface area (Å²) in [5, 5.41) is 2.83. The highest BCUT2D eigenvalue weighted by Gasteiger charge is 2.41. The second-order valence-electron chi connectivity index (χ2n) is 7.44. The molecule has 2 aromatic carbocycles. The van der Waals surface area contributed by atoms with Gasteiger partial charge >= 0.3 is 0 Å². The highest BCUT2D eigenvalue weighted by Crippen LogP contribution is 2.22. The highest BCUT2D eigenvalue weighted by molar-refractivity contribution is 7.89. The standard InChI is InChI=1S/C22H26ClN3O4S/c1-17-7-9-19(10-8-17)31(29,30)26-14-13-25(21(27)15-23)16-20(26)22(28)24-12-11-18-5-3-2-4-6-18/h2-10,20H,11-16H2,1H3,(H,24,28)/t20-/m0/s1. The van der Waals surface area contributed by atoms with Gasteiger partial charge in [-0.05, 0) is 31.0 Å². The van der Waals surface area contributed by atoms with E-state index in [1.165, 1.54) is 21.3 Å². The van der Waals surface area contributed by atoms with Crippen LogP contribution in [0, 0.1) is 6.92 Å². The number of sulfonamides is 1. The van der Waals surface area contributed by atoms with Crippen molar-refractivity contribution in [2.45, 2.75) is 24.3 Å². The Morgan fingerprint density at radius 3 is 2.39 bits per heavy atom. The van der Waals surface area contributed by atoms with Crippen LogP contribution >= 0.6 is 11.6 Å². The van der Waals surface area contributed by atoms with Crippen LogP contribution in [-0.4, -0.2) is 67.5 Å². The van der Waals surface area contributed by atoms with E-state index < -0.39 is 22.0 Å². The van der Waals surface area contributed by atoms with Crippen LogP contribution in [-0.2, 0) is 26.0 Å². The molecule has 9 heteroatoms. The van der Waals surface area contributed by atoms with Crippen LogP contribution in [0.15, 0.2) is 59.5 Å². The molecule has 166 valence electrons. The fourth-order valence-corrected chi connectivity index (χ4v) is 5.26. The number of alkyl halides is 1. The van der Waals surface area contributed by atoms with Crippen molar-refractivity contribution in [1.29, 1.82) is 0 Å². The molecule has 0 bridgehead atoms. The van der Waals surface area contributed by atoms with Crippen LogP contribution in [0.3, 0.4) is 0 Å². The van der Waals surface area contributed by atoms with Crippen molar-refractivity contribution in [2.24, 2.45) is 0 Å². The van der Waals surface area contributed by atoms with Gasteiger partial charge in [0.2, 0.25) is 21.8 Å². The van der Waals surface area contributed by atoms with Gasteiger partial charge in [-0.3, -0.25) is 9.59 Å². The van der Waals surface area contributed by atoms with Crippen molar-refractivity contribution in [3.8, 4) is 0 Å². The van der Waals surface area contributed by atoms with Gasteiger partial charge in [-0.25, -0.2) is 8.42 Å². The number of amides is 2. The molecule has 3 rings (SSSR count). The molecule has 0 saturated carbocycles. The number of rotatable bonds is 7. The summed E-state index contributed by atoms with van der Waals surface area (Å²) in [5.41, 5.74) is 2.00. The summed E-state index contributed by atoms with van der Waals surface area (Å²) in [6, 6.07) is 15.2. The SMILES string of the molecule is Cc1ccc(S(=O)(=O)N2CCN(C(=O)CCl)C[C@H]2C(=O)NCCc2ccccc2)cc1. The smallest absolute Gasteiger partial charge is 0.243 e. The molecule has 1 atom stereocenters. The molecule has 0 unspecified atom stereocenters. The number of aryl methyl sites for hydroxylation is 1. The molecule has 0 aliphatic carbocycles. The third-order valence-electron chi connectivity index (χ3n) is 5.28. The van der Waals surface area contributed by atoms with Crippen LogP contribution in [0.1, 0.15) is 11.1 Å². The van der Waals surface area contributed by atoms with Gasteiger partial charge < -0.3 is 10.2 Å². The van der Waals surface area contributed by atoms with Gasteiger partial charge in [-0.1, -0.05) is 48.0 Å². The zero-order valence-corrected chi connectivity index (χ0v) is 18.9. The maximum atomic E-state index is 13.3. The third-order valence-corrected chi connectivity index (χ3v) is 7.44. The monoisotopic (exact) mass is 463 g/mol. The molecule has 1 N–H and O–H groups in total. The van der Waals surface area contributed by atoms with Crippen molar-refractivity contribution in [1.82, 2.24) is 14.5 Å². The maximum absolute atomic E-state index is 13.3. The molecule has 7 nitrogen and oxygen atoms in total. The van der Waals surface area contributed by atoms with Gasteiger partial charge in [0.1, 0.15) is 11.9 Å². The van der Waals surface area contributed by atoms with E-state index in [4.69, 9.17) is 11.6 Å². The molecule has 1 saturated heterocycles. The number of carbonyl (C=O) groups is 2. The predicted molar refractivity (Wildman–Crippen MR) is 119 cm³/mol. The fourth-order valence-electron chi connectivity index (χ4n) is 3.52. The Bertz CT molecular complexity index is 1010.